The first-order chi connectivity index (χ1) is 14.1. The molecule has 0 atom stereocenters. The van der Waals surface area contributed by atoms with Gasteiger partial charge < -0.3 is 20.5 Å². The van der Waals surface area contributed by atoms with E-state index >= 15 is 0 Å². The number of benzene rings is 3. The molecule has 0 aliphatic rings. The van der Waals surface area contributed by atoms with Crippen LogP contribution in [0.4, 0.5) is 0 Å². The molecule has 0 spiro atoms. The van der Waals surface area contributed by atoms with Gasteiger partial charge in [-0.1, -0.05) is 42.5 Å². The minimum atomic E-state index is -0.510. The number of carbonyl (C=O) groups excluding carboxylic acids is 2. The van der Waals surface area contributed by atoms with Crippen LogP contribution in [-0.4, -0.2) is 18.4 Å². The molecule has 6 nitrogen and oxygen atoms in total. The van der Waals surface area contributed by atoms with E-state index in [1.165, 1.54) is 0 Å². The molecule has 3 aromatic carbocycles. The Hall–Kier alpha value is -3.80. The fourth-order valence-corrected chi connectivity index (χ4v) is 2.60. The van der Waals surface area contributed by atoms with Crippen LogP contribution < -0.4 is 20.5 Å². The Morgan fingerprint density at radius 2 is 1.52 bits per heavy atom. The zero-order valence-electron chi connectivity index (χ0n) is 15.8. The Balaban J connectivity index is 1.44. The predicted molar refractivity (Wildman–Crippen MR) is 110 cm³/mol. The maximum Gasteiger partial charge on any atom is 0.258 e. The molecule has 0 saturated carbocycles. The molecule has 0 aliphatic carbocycles. The lowest BCUT2D eigenvalue weighted by molar-refractivity contribution is -0.123. The SMILES string of the molecule is NC(=O)c1ccc(OCC(=O)NCc2cccc(OCc3ccccc3)c2)cc1. The van der Waals surface area contributed by atoms with Gasteiger partial charge in [-0.15, -0.1) is 0 Å². The summed E-state index contributed by atoms with van der Waals surface area (Å²) in [7, 11) is 0. The Labute approximate surface area is 169 Å². The number of hydrogen-bond acceptors (Lipinski definition) is 4. The van der Waals surface area contributed by atoms with Crippen LogP contribution >= 0.6 is 0 Å². The summed E-state index contributed by atoms with van der Waals surface area (Å²) in [6.07, 6.45) is 0. The van der Waals surface area contributed by atoms with Gasteiger partial charge in [0.2, 0.25) is 5.91 Å². The largest absolute Gasteiger partial charge is 0.489 e. The second-order valence-corrected chi connectivity index (χ2v) is 6.38. The molecular formula is C23H22N2O4. The zero-order chi connectivity index (χ0) is 20.5. The van der Waals surface area contributed by atoms with Crippen molar-refractivity contribution in [3.8, 4) is 11.5 Å². The summed E-state index contributed by atoms with van der Waals surface area (Å²) in [5.41, 5.74) is 7.59. The lowest BCUT2D eigenvalue weighted by atomic mass is 10.2. The van der Waals surface area contributed by atoms with Crippen LogP contribution in [0.15, 0.2) is 78.9 Å². The van der Waals surface area contributed by atoms with Crippen LogP contribution in [0, 0.1) is 0 Å². The smallest absolute Gasteiger partial charge is 0.258 e. The summed E-state index contributed by atoms with van der Waals surface area (Å²) in [5.74, 6) is 0.469. The standard InChI is InChI=1S/C23H22N2O4/c24-23(27)19-9-11-20(12-10-19)29-16-22(26)25-14-18-7-4-8-21(13-18)28-15-17-5-2-1-3-6-17/h1-13H,14-16H2,(H2,24,27)(H,25,26). The molecular weight excluding hydrogens is 368 g/mol. The molecule has 2 amide bonds. The number of hydrogen-bond donors (Lipinski definition) is 2. The van der Waals surface area contributed by atoms with E-state index in [1.54, 1.807) is 24.3 Å². The summed E-state index contributed by atoms with van der Waals surface area (Å²) in [5, 5.41) is 2.81. The van der Waals surface area contributed by atoms with E-state index in [-0.39, 0.29) is 12.5 Å². The number of nitrogens with one attached hydrogen (secondary N) is 1. The topological polar surface area (TPSA) is 90.7 Å². The summed E-state index contributed by atoms with van der Waals surface area (Å²) in [6.45, 7) is 0.727. The van der Waals surface area contributed by atoms with Gasteiger partial charge in [-0.3, -0.25) is 9.59 Å². The number of ether oxygens (including phenoxy) is 2. The average molecular weight is 390 g/mol. The highest BCUT2D eigenvalue weighted by Gasteiger charge is 2.05. The number of carbonyl (C=O) groups is 2. The normalized spacial score (nSPS) is 10.2. The van der Waals surface area contributed by atoms with Gasteiger partial charge in [0.05, 0.1) is 0 Å². The van der Waals surface area contributed by atoms with Crippen molar-refractivity contribution < 1.29 is 19.1 Å². The number of nitrogens with two attached hydrogens (primary N) is 1. The third-order valence-electron chi connectivity index (χ3n) is 4.15. The Morgan fingerprint density at radius 3 is 2.24 bits per heavy atom. The maximum atomic E-state index is 12.0. The molecule has 0 bridgehead atoms. The second kappa shape index (κ2) is 9.94. The predicted octanol–water partition coefficient (Wildman–Crippen LogP) is 3.06. The molecule has 0 heterocycles. The van der Waals surface area contributed by atoms with Gasteiger partial charge in [-0.05, 0) is 47.5 Å². The van der Waals surface area contributed by atoms with Crippen molar-refractivity contribution in [3.63, 3.8) is 0 Å². The van der Waals surface area contributed by atoms with Crippen molar-refractivity contribution in [2.45, 2.75) is 13.2 Å². The van der Waals surface area contributed by atoms with Crippen LogP contribution in [0.5, 0.6) is 11.5 Å². The van der Waals surface area contributed by atoms with Crippen molar-refractivity contribution in [1.29, 1.82) is 0 Å². The minimum absolute atomic E-state index is 0.125. The fraction of sp³-hybridized carbons (Fsp3) is 0.130. The van der Waals surface area contributed by atoms with Gasteiger partial charge in [-0.25, -0.2) is 0 Å². The van der Waals surface area contributed by atoms with E-state index in [9.17, 15) is 9.59 Å². The van der Waals surface area contributed by atoms with Crippen molar-refractivity contribution in [1.82, 2.24) is 5.32 Å². The van der Waals surface area contributed by atoms with Gasteiger partial charge in [0.25, 0.3) is 5.91 Å². The minimum Gasteiger partial charge on any atom is -0.489 e. The van der Waals surface area contributed by atoms with Crippen molar-refractivity contribution in [3.05, 3.63) is 95.6 Å². The quantitative estimate of drug-likeness (QED) is 0.588. The van der Waals surface area contributed by atoms with E-state index in [2.05, 4.69) is 5.32 Å². The molecule has 0 aliphatic heterocycles. The highest BCUT2D eigenvalue weighted by Crippen LogP contribution is 2.15. The maximum absolute atomic E-state index is 12.0. The molecule has 3 N–H and O–H groups in total. The van der Waals surface area contributed by atoms with Crippen LogP contribution in [-0.2, 0) is 17.9 Å². The van der Waals surface area contributed by atoms with Gasteiger partial charge in [-0.2, -0.15) is 0 Å². The molecule has 0 aromatic heterocycles. The van der Waals surface area contributed by atoms with E-state index in [1.807, 2.05) is 54.6 Å². The van der Waals surface area contributed by atoms with E-state index in [4.69, 9.17) is 15.2 Å². The fourth-order valence-electron chi connectivity index (χ4n) is 2.60. The molecule has 0 unspecified atom stereocenters. The Kier molecular flexibility index (Phi) is 6.84. The van der Waals surface area contributed by atoms with Crippen LogP contribution in [0.2, 0.25) is 0 Å². The van der Waals surface area contributed by atoms with E-state index < -0.39 is 5.91 Å². The molecule has 29 heavy (non-hydrogen) atoms. The second-order valence-electron chi connectivity index (χ2n) is 6.38. The van der Waals surface area contributed by atoms with Crippen LogP contribution in [0.25, 0.3) is 0 Å². The van der Waals surface area contributed by atoms with E-state index in [0.717, 1.165) is 16.9 Å². The molecule has 0 radical (unpaired) electrons. The first-order valence-electron chi connectivity index (χ1n) is 9.15. The summed E-state index contributed by atoms with van der Waals surface area (Å²) in [6, 6.07) is 23.8. The zero-order valence-corrected chi connectivity index (χ0v) is 15.8. The number of amides is 2. The molecule has 0 saturated heterocycles. The van der Waals surface area contributed by atoms with Crippen LogP contribution in [0.1, 0.15) is 21.5 Å². The third-order valence-corrected chi connectivity index (χ3v) is 4.15. The first-order valence-corrected chi connectivity index (χ1v) is 9.15. The van der Waals surface area contributed by atoms with Crippen molar-refractivity contribution >= 4 is 11.8 Å². The first kappa shape index (κ1) is 19.9. The van der Waals surface area contributed by atoms with Gasteiger partial charge in [0.15, 0.2) is 6.61 Å². The molecule has 3 aromatic rings. The van der Waals surface area contributed by atoms with Gasteiger partial charge in [0.1, 0.15) is 18.1 Å². The average Bonchev–Trinajstić information content (AvgIpc) is 2.76. The monoisotopic (exact) mass is 390 g/mol. The van der Waals surface area contributed by atoms with E-state index in [0.29, 0.717) is 24.5 Å². The summed E-state index contributed by atoms with van der Waals surface area (Å²) >= 11 is 0. The lowest BCUT2D eigenvalue weighted by Crippen LogP contribution is -2.28. The lowest BCUT2D eigenvalue weighted by Gasteiger charge is -2.10. The molecule has 148 valence electrons. The number of rotatable bonds is 9. The van der Waals surface area contributed by atoms with Crippen LogP contribution in [0.3, 0.4) is 0 Å². The highest BCUT2D eigenvalue weighted by atomic mass is 16.5. The Morgan fingerprint density at radius 1 is 0.793 bits per heavy atom. The molecule has 0 fully saturated rings. The Bertz CT molecular complexity index is 956. The molecule has 3 rings (SSSR count). The van der Waals surface area contributed by atoms with Gasteiger partial charge in [0, 0.05) is 12.1 Å². The van der Waals surface area contributed by atoms with Crippen molar-refractivity contribution in [2.75, 3.05) is 6.61 Å². The third kappa shape index (κ3) is 6.39. The van der Waals surface area contributed by atoms with Gasteiger partial charge >= 0.3 is 0 Å². The summed E-state index contributed by atoms with van der Waals surface area (Å²) < 4.78 is 11.2. The van der Waals surface area contributed by atoms with Crippen molar-refractivity contribution in [2.24, 2.45) is 5.73 Å². The summed E-state index contributed by atoms with van der Waals surface area (Å²) in [4.78, 5) is 23.1. The molecule has 6 heteroatoms. The number of primary amides is 1. The highest BCUT2D eigenvalue weighted by molar-refractivity contribution is 5.92.